The molecule has 0 fully saturated rings. The number of amides is 3. The van der Waals surface area contributed by atoms with Crippen LogP contribution in [-0.2, 0) is 22.6 Å². The molecule has 1 aliphatic rings. The molecule has 0 saturated carbocycles. The first-order valence-corrected chi connectivity index (χ1v) is 12.6. The van der Waals surface area contributed by atoms with Crippen LogP contribution in [-0.4, -0.2) is 53.4 Å². The maximum absolute atomic E-state index is 13.9. The predicted molar refractivity (Wildman–Crippen MR) is 143 cm³/mol. The Kier molecular flexibility index (Phi) is 7.99. The molecule has 3 aromatic rings. The Morgan fingerprint density at radius 2 is 1.95 bits per heavy atom. The number of carboxylic acid groups (broad SMARTS) is 1. The minimum atomic E-state index is -1.45. The van der Waals surface area contributed by atoms with Crippen molar-refractivity contribution in [1.29, 1.82) is 0 Å². The highest BCUT2D eigenvalue weighted by Gasteiger charge is 2.35. The van der Waals surface area contributed by atoms with Gasteiger partial charge >= 0.3 is 6.09 Å². The predicted octanol–water partition coefficient (Wildman–Crippen LogP) is 3.59. The van der Waals surface area contributed by atoms with Crippen LogP contribution >= 0.6 is 15.9 Å². The third-order valence-electron chi connectivity index (χ3n) is 6.50. The van der Waals surface area contributed by atoms with Crippen LogP contribution in [0.5, 0.6) is 5.75 Å². The Labute approximate surface area is 222 Å². The molecule has 3 amide bonds. The topological polar surface area (TPSA) is 128 Å². The van der Waals surface area contributed by atoms with Gasteiger partial charge in [0.2, 0.25) is 11.8 Å². The van der Waals surface area contributed by atoms with E-state index in [1.165, 1.54) is 6.92 Å². The zero-order valence-electron chi connectivity index (χ0n) is 20.4. The van der Waals surface area contributed by atoms with Crippen molar-refractivity contribution in [2.45, 2.75) is 44.5 Å². The van der Waals surface area contributed by atoms with Gasteiger partial charge in [-0.2, -0.15) is 0 Å². The quantitative estimate of drug-likeness (QED) is 0.344. The highest BCUT2D eigenvalue weighted by Crippen LogP contribution is 2.35. The average Bonchev–Trinajstić information content (AvgIpc) is 2.99. The van der Waals surface area contributed by atoms with Crippen molar-refractivity contribution >= 4 is 50.3 Å². The van der Waals surface area contributed by atoms with E-state index >= 15 is 0 Å². The van der Waals surface area contributed by atoms with Crippen LogP contribution in [0.3, 0.4) is 0 Å². The molecule has 0 spiro atoms. The molecule has 4 N–H and O–H groups in total. The SMILES string of the molecule is COc1ccc2cc(Br)ccc2c1CN1C(=O)[C@@H](NC(=O)[C@@H](NC(=O)O)[C@@H](C)O)CCc2ccccc21. The fourth-order valence-corrected chi connectivity index (χ4v) is 5.05. The molecule has 0 bridgehead atoms. The summed E-state index contributed by atoms with van der Waals surface area (Å²) in [7, 11) is 1.58. The van der Waals surface area contributed by atoms with Gasteiger partial charge in [-0.3, -0.25) is 9.59 Å². The van der Waals surface area contributed by atoms with Crippen LogP contribution in [0.1, 0.15) is 24.5 Å². The second-order valence-electron chi connectivity index (χ2n) is 8.93. The maximum atomic E-state index is 13.9. The Balaban J connectivity index is 1.72. The second kappa shape index (κ2) is 11.2. The third kappa shape index (κ3) is 5.70. The first kappa shape index (κ1) is 26.4. The summed E-state index contributed by atoms with van der Waals surface area (Å²) >= 11 is 3.50. The minimum absolute atomic E-state index is 0.192. The number of benzene rings is 3. The van der Waals surface area contributed by atoms with Gasteiger partial charge in [-0.15, -0.1) is 0 Å². The summed E-state index contributed by atoms with van der Waals surface area (Å²) in [5, 5.41) is 25.6. The number of hydrogen-bond donors (Lipinski definition) is 4. The molecule has 0 aromatic heterocycles. The molecule has 194 valence electrons. The molecule has 10 heteroatoms. The van der Waals surface area contributed by atoms with Crippen molar-refractivity contribution in [2.24, 2.45) is 0 Å². The highest BCUT2D eigenvalue weighted by atomic mass is 79.9. The number of halogens is 1. The smallest absolute Gasteiger partial charge is 0.405 e. The number of aliphatic hydroxyl groups excluding tert-OH is 1. The van der Waals surface area contributed by atoms with Crippen LogP contribution in [0.2, 0.25) is 0 Å². The Bertz CT molecular complexity index is 1340. The number of nitrogens with zero attached hydrogens (tertiary/aromatic N) is 1. The highest BCUT2D eigenvalue weighted by molar-refractivity contribution is 9.10. The molecular weight excluding hydrogens is 542 g/mol. The number of anilines is 1. The van der Waals surface area contributed by atoms with Gasteiger partial charge in [-0.05, 0) is 60.4 Å². The van der Waals surface area contributed by atoms with E-state index in [1.54, 1.807) is 12.0 Å². The van der Waals surface area contributed by atoms with E-state index in [0.717, 1.165) is 32.1 Å². The molecule has 0 saturated heterocycles. The summed E-state index contributed by atoms with van der Waals surface area (Å²) in [5.74, 6) is -0.479. The molecule has 0 aliphatic carbocycles. The second-order valence-corrected chi connectivity index (χ2v) is 9.85. The standard InChI is InChI=1S/C27H28BrN3O6/c1-15(32)24(30-27(35)36)25(33)29-21-11-7-16-5-3-4-6-22(16)31(26(21)34)14-20-19-10-9-18(28)13-17(19)8-12-23(20)37-2/h3-6,8-10,12-13,15,21,24,30,32H,7,11,14H2,1-2H3,(H,29,33)(H,35,36)/t15-,21+,24+/m1/s1. The number of carbonyl (C=O) groups is 3. The van der Waals surface area contributed by atoms with Gasteiger partial charge in [-0.1, -0.05) is 46.3 Å². The summed E-state index contributed by atoms with van der Waals surface area (Å²) in [6.45, 7) is 1.50. The van der Waals surface area contributed by atoms with Crippen LogP contribution in [0, 0.1) is 0 Å². The van der Waals surface area contributed by atoms with E-state index in [9.17, 15) is 19.5 Å². The van der Waals surface area contributed by atoms with Crippen molar-refractivity contribution in [3.8, 4) is 5.75 Å². The van der Waals surface area contributed by atoms with Gasteiger partial charge in [0.05, 0.1) is 19.8 Å². The van der Waals surface area contributed by atoms with E-state index < -0.39 is 30.2 Å². The monoisotopic (exact) mass is 569 g/mol. The van der Waals surface area contributed by atoms with Crippen LogP contribution < -0.4 is 20.3 Å². The molecular formula is C27H28BrN3O6. The van der Waals surface area contributed by atoms with E-state index in [0.29, 0.717) is 18.6 Å². The number of ether oxygens (including phenoxy) is 1. The number of aliphatic hydroxyl groups is 1. The minimum Gasteiger partial charge on any atom is -0.496 e. The lowest BCUT2D eigenvalue weighted by Gasteiger charge is -2.29. The Morgan fingerprint density at radius 1 is 1.19 bits per heavy atom. The van der Waals surface area contributed by atoms with Crippen molar-refractivity contribution in [2.75, 3.05) is 12.0 Å². The number of para-hydroxylation sites is 1. The van der Waals surface area contributed by atoms with Gasteiger partial charge in [0.1, 0.15) is 17.8 Å². The van der Waals surface area contributed by atoms with Crippen molar-refractivity contribution in [1.82, 2.24) is 10.6 Å². The first-order valence-electron chi connectivity index (χ1n) is 11.8. The Morgan fingerprint density at radius 3 is 2.65 bits per heavy atom. The molecule has 0 radical (unpaired) electrons. The molecule has 37 heavy (non-hydrogen) atoms. The van der Waals surface area contributed by atoms with Gasteiger partial charge < -0.3 is 30.5 Å². The summed E-state index contributed by atoms with van der Waals surface area (Å²) in [6.07, 6.45) is -1.90. The third-order valence-corrected chi connectivity index (χ3v) is 6.99. The molecule has 9 nitrogen and oxygen atoms in total. The lowest BCUT2D eigenvalue weighted by Crippen LogP contribution is -2.57. The van der Waals surface area contributed by atoms with E-state index in [1.807, 2.05) is 59.9 Å². The summed E-state index contributed by atoms with van der Waals surface area (Å²) in [6, 6.07) is 14.9. The maximum Gasteiger partial charge on any atom is 0.405 e. The number of hydrogen-bond acceptors (Lipinski definition) is 5. The number of carbonyl (C=O) groups excluding carboxylic acids is 2. The van der Waals surface area contributed by atoms with Crippen molar-refractivity contribution < 1.29 is 29.3 Å². The van der Waals surface area contributed by atoms with E-state index in [-0.39, 0.29) is 12.5 Å². The van der Waals surface area contributed by atoms with Crippen LogP contribution in [0.4, 0.5) is 10.5 Å². The Hall–Kier alpha value is -3.63. The molecule has 3 aromatic carbocycles. The lowest BCUT2D eigenvalue weighted by molar-refractivity contribution is -0.130. The molecule has 4 rings (SSSR count). The lowest BCUT2D eigenvalue weighted by atomic mass is 10.0. The van der Waals surface area contributed by atoms with E-state index in [4.69, 9.17) is 9.84 Å². The molecule has 0 unspecified atom stereocenters. The molecule has 3 atom stereocenters. The zero-order valence-corrected chi connectivity index (χ0v) is 22.0. The summed E-state index contributed by atoms with van der Waals surface area (Å²) in [4.78, 5) is 39.6. The van der Waals surface area contributed by atoms with Crippen LogP contribution in [0.25, 0.3) is 10.8 Å². The largest absolute Gasteiger partial charge is 0.496 e. The van der Waals surface area contributed by atoms with Gasteiger partial charge in [0.15, 0.2) is 0 Å². The van der Waals surface area contributed by atoms with Gasteiger partial charge in [-0.25, -0.2) is 4.79 Å². The molecule has 1 heterocycles. The van der Waals surface area contributed by atoms with Crippen LogP contribution in [0.15, 0.2) is 59.1 Å². The first-order chi connectivity index (χ1) is 17.7. The van der Waals surface area contributed by atoms with Gasteiger partial charge in [0, 0.05) is 15.7 Å². The van der Waals surface area contributed by atoms with Crippen molar-refractivity contribution in [3.63, 3.8) is 0 Å². The number of nitrogens with one attached hydrogen (secondary N) is 2. The zero-order chi connectivity index (χ0) is 26.7. The normalized spacial score (nSPS) is 16.9. The number of rotatable bonds is 7. The van der Waals surface area contributed by atoms with E-state index in [2.05, 4.69) is 21.2 Å². The summed E-state index contributed by atoms with van der Waals surface area (Å²) < 4.78 is 6.58. The fourth-order valence-electron chi connectivity index (χ4n) is 4.67. The van der Waals surface area contributed by atoms with Gasteiger partial charge in [0.25, 0.3) is 0 Å². The molecule has 1 aliphatic heterocycles. The summed E-state index contributed by atoms with van der Waals surface area (Å²) in [5.41, 5.74) is 2.50. The fraction of sp³-hybridized carbons (Fsp3) is 0.296. The average molecular weight is 570 g/mol. The van der Waals surface area contributed by atoms with Crippen molar-refractivity contribution in [3.05, 3.63) is 70.2 Å². The number of aryl methyl sites for hydroxylation is 1. The number of fused-ring (bicyclic) bond motifs is 2. The number of methoxy groups -OCH3 is 1.